The van der Waals surface area contributed by atoms with Crippen LogP contribution in [0.15, 0.2) is 42.5 Å². The lowest BCUT2D eigenvalue weighted by Gasteiger charge is -2.23. The van der Waals surface area contributed by atoms with Crippen LogP contribution in [0.3, 0.4) is 0 Å². The van der Waals surface area contributed by atoms with Crippen LogP contribution in [0.4, 0.5) is 8.78 Å². The van der Waals surface area contributed by atoms with Crippen LogP contribution in [0.5, 0.6) is 0 Å². The highest BCUT2D eigenvalue weighted by Gasteiger charge is 2.23. The Bertz CT molecular complexity index is 574. The number of hydrogen-bond acceptors (Lipinski definition) is 1. The van der Waals surface area contributed by atoms with Gasteiger partial charge in [-0.3, -0.25) is 0 Å². The Labute approximate surface area is 111 Å². The van der Waals surface area contributed by atoms with E-state index < -0.39 is 5.41 Å². The molecule has 0 saturated heterocycles. The van der Waals surface area contributed by atoms with Crippen molar-refractivity contribution in [3.05, 3.63) is 59.7 Å². The average Bonchev–Trinajstić information content (AvgIpc) is 2.40. The van der Waals surface area contributed by atoms with Crippen LogP contribution in [0.1, 0.15) is 19.4 Å². The summed E-state index contributed by atoms with van der Waals surface area (Å²) in [6.07, 6.45) is 0. The van der Waals surface area contributed by atoms with Gasteiger partial charge in [0.1, 0.15) is 11.6 Å². The van der Waals surface area contributed by atoms with Crippen LogP contribution in [-0.4, -0.2) is 11.7 Å². The van der Waals surface area contributed by atoms with Gasteiger partial charge in [-0.25, -0.2) is 8.78 Å². The molecule has 2 aromatic carbocycles. The molecule has 1 nitrogen and oxygen atoms in total. The standard InChI is InChI=1S/C16H16F2O/c1-16(2,10-19)14-9-12(5-8-15(14)18)11-3-6-13(17)7-4-11/h3-9,19H,10H2,1-2H3. The van der Waals surface area contributed by atoms with Crippen molar-refractivity contribution in [3.63, 3.8) is 0 Å². The zero-order valence-corrected chi connectivity index (χ0v) is 11.0. The second kappa shape index (κ2) is 5.10. The molecule has 0 aliphatic rings. The third-order valence-electron chi connectivity index (χ3n) is 3.27. The fraction of sp³-hybridized carbons (Fsp3) is 0.250. The van der Waals surface area contributed by atoms with E-state index in [9.17, 15) is 13.9 Å². The summed E-state index contributed by atoms with van der Waals surface area (Å²) in [6, 6.07) is 10.8. The van der Waals surface area contributed by atoms with E-state index in [2.05, 4.69) is 0 Å². The Morgan fingerprint density at radius 1 is 0.947 bits per heavy atom. The quantitative estimate of drug-likeness (QED) is 0.889. The molecule has 19 heavy (non-hydrogen) atoms. The highest BCUT2D eigenvalue weighted by atomic mass is 19.1. The third-order valence-corrected chi connectivity index (χ3v) is 3.27. The summed E-state index contributed by atoms with van der Waals surface area (Å²) < 4.78 is 26.8. The molecule has 0 aromatic heterocycles. The van der Waals surface area contributed by atoms with E-state index in [1.54, 1.807) is 38.1 Å². The van der Waals surface area contributed by atoms with E-state index in [-0.39, 0.29) is 18.2 Å². The maximum atomic E-state index is 13.9. The lowest BCUT2D eigenvalue weighted by molar-refractivity contribution is 0.215. The Hall–Kier alpha value is -1.74. The normalized spacial score (nSPS) is 11.6. The summed E-state index contributed by atoms with van der Waals surface area (Å²) in [4.78, 5) is 0. The predicted octanol–water partition coefficient (Wildman–Crippen LogP) is 3.90. The number of hydrogen-bond donors (Lipinski definition) is 1. The molecular formula is C16H16F2O. The number of aliphatic hydroxyl groups excluding tert-OH is 1. The zero-order valence-electron chi connectivity index (χ0n) is 11.0. The van der Waals surface area contributed by atoms with Gasteiger partial charge in [0.25, 0.3) is 0 Å². The van der Waals surface area contributed by atoms with Gasteiger partial charge in [-0.2, -0.15) is 0 Å². The SMILES string of the molecule is CC(C)(CO)c1cc(-c2ccc(F)cc2)ccc1F. The summed E-state index contributed by atoms with van der Waals surface area (Å²) in [5.74, 6) is -0.647. The van der Waals surface area contributed by atoms with Crippen LogP contribution in [-0.2, 0) is 5.41 Å². The van der Waals surface area contributed by atoms with E-state index >= 15 is 0 Å². The average molecular weight is 262 g/mol. The molecule has 0 aliphatic carbocycles. The first-order valence-corrected chi connectivity index (χ1v) is 6.11. The first-order valence-electron chi connectivity index (χ1n) is 6.11. The van der Waals surface area contributed by atoms with Crippen LogP contribution in [0, 0.1) is 11.6 Å². The highest BCUT2D eigenvalue weighted by molar-refractivity contribution is 5.64. The first-order chi connectivity index (χ1) is 8.94. The van der Waals surface area contributed by atoms with Gasteiger partial charge in [0.2, 0.25) is 0 Å². The van der Waals surface area contributed by atoms with Crippen molar-refractivity contribution in [2.75, 3.05) is 6.61 Å². The Morgan fingerprint density at radius 2 is 1.53 bits per heavy atom. The fourth-order valence-corrected chi connectivity index (χ4v) is 1.95. The largest absolute Gasteiger partial charge is 0.395 e. The fourth-order valence-electron chi connectivity index (χ4n) is 1.95. The van der Waals surface area contributed by atoms with E-state index in [0.717, 1.165) is 11.1 Å². The second-order valence-electron chi connectivity index (χ2n) is 5.24. The molecule has 0 fully saturated rings. The minimum atomic E-state index is -0.653. The molecule has 0 saturated carbocycles. The van der Waals surface area contributed by atoms with Crippen molar-refractivity contribution in [1.82, 2.24) is 0 Å². The van der Waals surface area contributed by atoms with Crippen molar-refractivity contribution in [1.29, 1.82) is 0 Å². The molecule has 0 atom stereocenters. The van der Waals surface area contributed by atoms with Gasteiger partial charge in [-0.05, 0) is 41.0 Å². The molecule has 0 unspecified atom stereocenters. The number of rotatable bonds is 3. The smallest absolute Gasteiger partial charge is 0.127 e. The summed E-state index contributed by atoms with van der Waals surface area (Å²) in [5.41, 5.74) is 1.42. The molecule has 0 spiro atoms. The maximum Gasteiger partial charge on any atom is 0.127 e. The number of benzene rings is 2. The maximum absolute atomic E-state index is 13.9. The van der Waals surface area contributed by atoms with Crippen molar-refractivity contribution < 1.29 is 13.9 Å². The van der Waals surface area contributed by atoms with Crippen LogP contribution < -0.4 is 0 Å². The van der Waals surface area contributed by atoms with E-state index in [1.807, 2.05) is 0 Å². The minimum Gasteiger partial charge on any atom is -0.395 e. The van der Waals surface area contributed by atoms with Crippen molar-refractivity contribution in [2.24, 2.45) is 0 Å². The van der Waals surface area contributed by atoms with E-state index in [1.165, 1.54) is 18.2 Å². The Morgan fingerprint density at radius 3 is 2.11 bits per heavy atom. The monoisotopic (exact) mass is 262 g/mol. The zero-order chi connectivity index (χ0) is 14.0. The van der Waals surface area contributed by atoms with Gasteiger partial charge >= 0.3 is 0 Å². The molecule has 0 aliphatic heterocycles. The Kier molecular flexibility index (Phi) is 3.67. The third kappa shape index (κ3) is 2.82. The number of halogens is 2. The van der Waals surface area contributed by atoms with Crippen molar-refractivity contribution in [3.8, 4) is 11.1 Å². The Balaban J connectivity index is 2.50. The molecule has 2 rings (SSSR count). The van der Waals surface area contributed by atoms with Gasteiger partial charge in [-0.1, -0.05) is 32.0 Å². The van der Waals surface area contributed by atoms with E-state index in [4.69, 9.17) is 0 Å². The molecule has 0 radical (unpaired) electrons. The highest BCUT2D eigenvalue weighted by Crippen LogP contribution is 2.30. The van der Waals surface area contributed by atoms with Gasteiger partial charge in [0, 0.05) is 5.41 Å². The van der Waals surface area contributed by atoms with Gasteiger partial charge < -0.3 is 5.11 Å². The molecule has 100 valence electrons. The molecule has 2 aromatic rings. The predicted molar refractivity (Wildman–Crippen MR) is 71.9 cm³/mol. The molecule has 3 heteroatoms. The number of aliphatic hydroxyl groups is 1. The van der Waals surface area contributed by atoms with Gasteiger partial charge in [0.15, 0.2) is 0 Å². The lowest BCUT2D eigenvalue weighted by atomic mass is 9.83. The van der Waals surface area contributed by atoms with Crippen molar-refractivity contribution >= 4 is 0 Å². The summed E-state index contributed by atoms with van der Waals surface area (Å²) >= 11 is 0. The molecule has 1 N–H and O–H groups in total. The summed E-state index contributed by atoms with van der Waals surface area (Å²) in [7, 11) is 0. The van der Waals surface area contributed by atoms with Crippen molar-refractivity contribution in [2.45, 2.75) is 19.3 Å². The molecule has 0 amide bonds. The van der Waals surface area contributed by atoms with Gasteiger partial charge in [0.05, 0.1) is 6.61 Å². The van der Waals surface area contributed by atoms with Crippen LogP contribution in [0.2, 0.25) is 0 Å². The van der Waals surface area contributed by atoms with E-state index in [0.29, 0.717) is 5.56 Å². The first kappa shape index (κ1) is 13.7. The lowest BCUT2D eigenvalue weighted by Crippen LogP contribution is -2.23. The van der Waals surface area contributed by atoms with Gasteiger partial charge in [-0.15, -0.1) is 0 Å². The minimum absolute atomic E-state index is 0.142. The summed E-state index contributed by atoms with van der Waals surface area (Å²) in [6.45, 7) is 3.41. The van der Waals surface area contributed by atoms with Crippen LogP contribution >= 0.6 is 0 Å². The topological polar surface area (TPSA) is 20.2 Å². The summed E-state index contributed by atoms with van der Waals surface area (Å²) in [5, 5.41) is 9.35. The van der Waals surface area contributed by atoms with Crippen LogP contribution in [0.25, 0.3) is 11.1 Å². The molecule has 0 heterocycles. The molecule has 0 bridgehead atoms. The second-order valence-corrected chi connectivity index (χ2v) is 5.24. The molecular weight excluding hydrogens is 246 g/mol.